The van der Waals surface area contributed by atoms with E-state index >= 15 is 0 Å². The highest BCUT2D eigenvalue weighted by Gasteiger charge is 2.00. The second-order valence-corrected chi connectivity index (χ2v) is 1.91. The minimum atomic E-state index is 0.542. The van der Waals surface area contributed by atoms with E-state index in [1.807, 2.05) is 0 Å². The summed E-state index contributed by atoms with van der Waals surface area (Å²) in [6.45, 7) is 14.1. The number of nitrogens with zero attached hydrogens (tertiary/aromatic N) is 2. The fraction of sp³-hybridized carbons (Fsp3) is 0. The molecule has 0 aromatic heterocycles. The van der Waals surface area contributed by atoms with Gasteiger partial charge in [-0.25, -0.2) is 4.99 Å². The van der Waals surface area contributed by atoms with E-state index in [0.29, 0.717) is 11.5 Å². The van der Waals surface area contributed by atoms with E-state index < -0.39 is 0 Å². The smallest absolute Gasteiger partial charge is 0.155 e. The predicted octanol–water partition coefficient (Wildman–Crippen LogP) is 2.03. The van der Waals surface area contributed by atoms with E-state index in [4.69, 9.17) is 0 Å². The molecule has 0 fully saturated rings. The van der Waals surface area contributed by atoms with Crippen molar-refractivity contribution in [3.63, 3.8) is 0 Å². The van der Waals surface area contributed by atoms with Crippen molar-refractivity contribution >= 4 is 11.5 Å². The summed E-state index contributed by atoms with van der Waals surface area (Å²) in [5, 5.41) is 2.81. The van der Waals surface area contributed by atoms with Gasteiger partial charge in [0.25, 0.3) is 0 Å². The Morgan fingerprint density at radius 2 is 1.62 bits per heavy atom. The van der Waals surface area contributed by atoms with Crippen molar-refractivity contribution in [2.75, 3.05) is 0 Å². The molecular formula is C10H13N3. The summed E-state index contributed by atoms with van der Waals surface area (Å²) in [7, 11) is 0. The molecule has 3 heteroatoms. The second kappa shape index (κ2) is 6.79. The Morgan fingerprint density at radius 1 is 1.00 bits per heavy atom. The topological polar surface area (TPSA) is 36.8 Å². The number of nitrogens with one attached hydrogen (secondary N) is 1. The Hall–Kier alpha value is -1.90. The van der Waals surface area contributed by atoms with Crippen molar-refractivity contribution in [1.82, 2.24) is 5.32 Å². The molecular weight excluding hydrogens is 162 g/mol. The minimum absolute atomic E-state index is 0.542. The van der Waals surface area contributed by atoms with Gasteiger partial charge in [-0.3, -0.25) is 4.99 Å². The van der Waals surface area contributed by atoms with Crippen molar-refractivity contribution in [2.24, 2.45) is 9.98 Å². The number of rotatable bonds is 5. The summed E-state index contributed by atoms with van der Waals surface area (Å²) in [5.74, 6) is 0.542. The molecule has 0 saturated heterocycles. The van der Waals surface area contributed by atoms with Gasteiger partial charge in [0.2, 0.25) is 0 Å². The van der Waals surface area contributed by atoms with Crippen LogP contribution in [-0.4, -0.2) is 11.5 Å². The lowest BCUT2D eigenvalue weighted by atomic mass is 10.3. The van der Waals surface area contributed by atoms with Crippen molar-refractivity contribution in [2.45, 2.75) is 0 Å². The summed E-state index contributed by atoms with van der Waals surface area (Å²) >= 11 is 0. The van der Waals surface area contributed by atoms with Gasteiger partial charge in [-0.15, -0.1) is 0 Å². The minimum Gasteiger partial charge on any atom is -0.345 e. The number of hydrogen-bond donors (Lipinski definition) is 1. The first-order chi connectivity index (χ1) is 6.29. The molecule has 0 unspecified atom stereocenters. The molecule has 0 aromatic rings. The molecule has 0 rings (SSSR count). The molecule has 0 amide bonds. The van der Waals surface area contributed by atoms with Crippen LogP contribution in [0.15, 0.2) is 61.0 Å². The molecule has 3 nitrogen and oxygen atoms in total. The molecule has 0 saturated carbocycles. The highest BCUT2D eigenvalue weighted by molar-refractivity contribution is 6.46. The first kappa shape index (κ1) is 11.1. The zero-order valence-electron chi connectivity index (χ0n) is 7.53. The number of hydrogen-bond acceptors (Lipinski definition) is 2. The van der Waals surface area contributed by atoms with E-state index in [1.165, 1.54) is 18.6 Å². The van der Waals surface area contributed by atoms with Crippen LogP contribution in [-0.2, 0) is 0 Å². The quantitative estimate of drug-likeness (QED) is 0.503. The molecule has 0 atom stereocenters. The van der Waals surface area contributed by atoms with Crippen molar-refractivity contribution in [3.05, 3.63) is 51.0 Å². The van der Waals surface area contributed by atoms with E-state index in [2.05, 4.69) is 41.6 Å². The summed E-state index contributed by atoms with van der Waals surface area (Å²) in [4.78, 5) is 7.91. The summed E-state index contributed by atoms with van der Waals surface area (Å²) in [6, 6.07) is 0. The third-order valence-electron chi connectivity index (χ3n) is 1.13. The third kappa shape index (κ3) is 3.86. The van der Waals surface area contributed by atoms with E-state index in [9.17, 15) is 0 Å². The average molecular weight is 175 g/mol. The maximum atomic E-state index is 3.95. The fourth-order valence-corrected chi connectivity index (χ4v) is 0.674. The Balaban J connectivity index is 4.88. The van der Waals surface area contributed by atoms with Gasteiger partial charge >= 0.3 is 0 Å². The molecule has 68 valence electrons. The lowest BCUT2D eigenvalue weighted by Crippen LogP contribution is -2.25. The van der Waals surface area contributed by atoms with Crippen LogP contribution in [0.2, 0.25) is 0 Å². The molecule has 0 heterocycles. The van der Waals surface area contributed by atoms with Crippen LogP contribution < -0.4 is 5.32 Å². The molecule has 0 spiro atoms. The van der Waals surface area contributed by atoms with Crippen LogP contribution in [0.3, 0.4) is 0 Å². The van der Waals surface area contributed by atoms with E-state index in [-0.39, 0.29) is 0 Å². The lowest BCUT2D eigenvalue weighted by molar-refractivity contribution is 1.28. The van der Waals surface area contributed by atoms with Gasteiger partial charge in [0.1, 0.15) is 5.71 Å². The Morgan fingerprint density at radius 3 is 2.00 bits per heavy atom. The molecule has 13 heavy (non-hydrogen) atoms. The SMILES string of the molecule is C=CN=C(C=C)C(=NC=C)NC=C. The van der Waals surface area contributed by atoms with Crippen molar-refractivity contribution in [3.8, 4) is 0 Å². The Bertz CT molecular complexity index is 272. The van der Waals surface area contributed by atoms with Gasteiger partial charge in [0.05, 0.1) is 0 Å². The van der Waals surface area contributed by atoms with Crippen LogP contribution in [0.4, 0.5) is 0 Å². The highest BCUT2D eigenvalue weighted by Crippen LogP contribution is 1.87. The average Bonchev–Trinajstić information content (AvgIpc) is 2.14. The Kier molecular flexibility index (Phi) is 5.80. The summed E-state index contributed by atoms with van der Waals surface area (Å²) in [5.41, 5.74) is 0.592. The molecule has 0 aliphatic heterocycles. The normalized spacial score (nSPS) is 11.7. The van der Waals surface area contributed by atoms with Crippen LogP contribution >= 0.6 is 0 Å². The van der Waals surface area contributed by atoms with Crippen LogP contribution in [0, 0.1) is 0 Å². The molecule has 0 aliphatic rings. The number of aliphatic imine (C=N–C) groups is 2. The molecule has 0 bridgehead atoms. The lowest BCUT2D eigenvalue weighted by Gasteiger charge is -2.02. The third-order valence-corrected chi connectivity index (χ3v) is 1.13. The predicted molar refractivity (Wildman–Crippen MR) is 58.8 cm³/mol. The van der Waals surface area contributed by atoms with Crippen LogP contribution in [0.5, 0.6) is 0 Å². The van der Waals surface area contributed by atoms with Gasteiger partial charge in [0, 0.05) is 12.4 Å². The maximum absolute atomic E-state index is 3.95. The second-order valence-electron chi connectivity index (χ2n) is 1.91. The molecule has 0 aromatic carbocycles. The first-order valence-corrected chi connectivity index (χ1v) is 3.67. The Labute approximate surface area is 78.6 Å². The van der Waals surface area contributed by atoms with Gasteiger partial charge in [-0.1, -0.05) is 26.3 Å². The van der Waals surface area contributed by atoms with Gasteiger partial charge in [-0.2, -0.15) is 0 Å². The summed E-state index contributed by atoms with van der Waals surface area (Å²) in [6.07, 6.45) is 5.90. The standard InChI is InChI=1S/C10H13N3/c1-5-9(11-6-2)10(12-7-3)13-8-4/h5-8H,1-4H2,(H,12,13). The van der Waals surface area contributed by atoms with Crippen molar-refractivity contribution in [1.29, 1.82) is 0 Å². The molecule has 0 radical (unpaired) electrons. The zero-order valence-corrected chi connectivity index (χ0v) is 7.53. The zero-order chi connectivity index (χ0) is 10.1. The maximum Gasteiger partial charge on any atom is 0.155 e. The molecule has 1 N–H and O–H groups in total. The van der Waals surface area contributed by atoms with E-state index in [0.717, 1.165) is 0 Å². The first-order valence-electron chi connectivity index (χ1n) is 3.67. The largest absolute Gasteiger partial charge is 0.345 e. The molecule has 0 aliphatic carbocycles. The highest BCUT2D eigenvalue weighted by atomic mass is 15.0. The van der Waals surface area contributed by atoms with Gasteiger partial charge in [-0.05, 0) is 12.3 Å². The fourth-order valence-electron chi connectivity index (χ4n) is 0.674. The van der Waals surface area contributed by atoms with Gasteiger partial charge < -0.3 is 5.32 Å². The van der Waals surface area contributed by atoms with Crippen molar-refractivity contribution < 1.29 is 0 Å². The summed E-state index contributed by atoms with van der Waals surface area (Å²) < 4.78 is 0. The van der Waals surface area contributed by atoms with Crippen LogP contribution in [0.25, 0.3) is 0 Å². The van der Waals surface area contributed by atoms with Crippen LogP contribution in [0.1, 0.15) is 0 Å². The number of amidine groups is 1. The van der Waals surface area contributed by atoms with E-state index in [1.54, 1.807) is 6.08 Å². The monoisotopic (exact) mass is 175 g/mol. The van der Waals surface area contributed by atoms with Gasteiger partial charge in [0.15, 0.2) is 5.84 Å².